The third-order valence-corrected chi connectivity index (χ3v) is 3.42. The van der Waals surface area contributed by atoms with Gasteiger partial charge in [0.1, 0.15) is 22.6 Å². The zero-order valence-corrected chi connectivity index (χ0v) is 13.4. The Morgan fingerprint density at radius 2 is 1.95 bits per heavy atom. The van der Waals surface area contributed by atoms with Gasteiger partial charge in [0, 0.05) is 7.05 Å². The van der Waals surface area contributed by atoms with E-state index in [-0.39, 0.29) is 16.7 Å². The molecule has 1 atom stereocenters. The number of aryl methyl sites for hydroxylation is 1. The lowest BCUT2D eigenvalue weighted by molar-refractivity contribution is 0.234. The first-order valence-electron chi connectivity index (χ1n) is 6.77. The van der Waals surface area contributed by atoms with Crippen LogP contribution in [0.2, 0.25) is 5.02 Å². The number of hydrogen-bond donors (Lipinski definition) is 1. The van der Waals surface area contributed by atoms with Crippen LogP contribution in [0.1, 0.15) is 6.92 Å². The van der Waals surface area contributed by atoms with Crippen molar-refractivity contribution in [3.8, 4) is 11.5 Å². The maximum Gasteiger partial charge on any atom is 0.287 e. The summed E-state index contributed by atoms with van der Waals surface area (Å²) in [5.74, 6) is 1.51. The van der Waals surface area contributed by atoms with Gasteiger partial charge in [-0.1, -0.05) is 11.6 Å². The molecule has 0 aliphatic rings. The molecule has 0 saturated heterocycles. The molecule has 1 N–H and O–H groups in total. The molecule has 2 rings (SSSR count). The lowest BCUT2D eigenvalue weighted by Gasteiger charge is -2.16. The Hall–Kier alpha value is -2.21. The van der Waals surface area contributed by atoms with E-state index in [1.54, 1.807) is 14.2 Å². The minimum atomic E-state index is -0.338. The molecule has 0 radical (unpaired) electrons. The molecule has 2 aromatic rings. The van der Waals surface area contributed by atoms with Crippen molar-refractivity contribution in [2.75, 3.05) is 19.0 Å². The second kappa shape index (κ2) is 7.17. The van der Waals surface area contributed by atoms with Crippen molar-refractivity contribution in [2.24, 2.45) is 7.05 Å². The van der Waals surface area contributed by atoms with Crippen molar-refractivity contribution in [3.05, 3.63) is 45.8 Å². The SMILES string of the molecule is COc1ccc(OC(C)CNc2cnn(C)c(=O)c2Cl)cc1. The summed E-state index contributed by atoms with van der Waals surface area (Å²) < 4.78 is 12.0. The highest BCUT2D eigenvalue weighted by atomic mass is 35.5. The lowest BCUT2D eigenvalue weighted by atomic mass is 10.3. The Balaban J connectivity index is 1.93. The van der Waals surface area contributed by atoms with Gasteiger partial charge in [-0.25, -0.2) is 4.68 Å². The summed E-state index contributed by atoms with van der Waals surface area (Å²) in [5, 5.41) is 7.11. The van der Waals surface area contributed by atoms with Crippen molar-refractivity contribution < 1.29 is 9.47 Å². The summed E-state index contributed by atoms with van der Waals surface area (Å²) in [4.78, 5) is 11.7. The van der Waals surface area contributed by atoms with Crippen molar-refractivity contribution in [1.82, 2.24) is 9.78 Å². The van der Waals surface area contributed by atoms with Crippen LogP contribution in [0.15, 0.2) is 35.3 Å². The second-order valence-corrected chi connectivity index (χ2v) is 5.16. The van der Waals surface area contributed by atoms with E-state index in [0.717, 1.165) is 11.5 Å². The summed E-state index contributed by atoms with van der Waals surface area (Å²) in [6, 6.07) is 7.33. The maximum atomic E-state index is 11.7. The number of nitrogens with zero attached hydrogens (tertiary/aromatic N) is 2. The molecule has 1 heterocycles. The Labute approximate surface area is 133 Å². The van der Waals surface area contributed by atoms with E-state index in [1.165, 1.54) is 10.9 Å². The van der Waals surface area contributed by atoms with Gasteiger partial charge >= 0.3 is 0 Å². The molecule has 0 saturated carbocycles. The molecule has 6 nitrogen and oxygen atoms in total. The summed E-state index contributed by atoms with van der Waals surface area (Å²) >= 11 is 5.98. The highest BCUT2D eigenvalue weighted by Gasteiger charge is 2.09. The van der Waals surface area contributed by atoms with E-state index in [0.29, 0.717) is 12.2 Å². The number of halogens is 1. The molecule has 118 valence electrons. The Morgan fingerprint density at radius 3 is 2.59 bits per heavy atom. The van der Waals surface area contributed by atoms with Crippen LogP contribution in [-0.4, -0.2) is 29.5 Å². The fourth-order valence-corrected chi connectivity index (χ4v) is 2.05. The Morgan fingerprint density at radius 1 is 1.32 bits per heavy atom. The molecule has 0 spiro atoms. The fourth-order valence-electron chi connectivity index (χ4n) is 1.82. The van der Waals surface area contributed by atoms with E-state index in [1.807, 2.05) is 31.2 Å². The van der Waals surface area contributed by atoms with Gasteiger partial charge in [-0.05, 0) is 31.2 Å². The van der Waals surface area contributed by atoms with Crippen LogP contribution in [0.4, 0.5) is 5.69 Å². The third-order valence-electron chi connectivity index (χ3n) is 3.05. The van der Waals surface area contributed by atoms with Crippen LogP contribution in [-0.2, 0) is 7.05 Å². The minimum Gasteiger partial charge on any atom is -0.497 e. The molecule has 0 bridgehead atoms. The number of methoxy groups -OCH3 is 1. The molecule has 7 heteroatoms. The van der Waals surface area contributed by atoms with Crippen LogP contribution in [0, 0.1) is 0 Å². The average Bonchev–Trinajstić information content (AvgIpc) is 2.53. The zero-order chi connectivity index (χ0) is 16.1. The van der Waals surface area contributed by atoms with Crippen LogP contribution >= 0.6 is 11.6 Å². The summed E-state index contributed by atoms with van der Waals surface area (Å²) in [7, 11) is 3.16. The average molecular weight is 324 g/mol. The van der Waals surface area contributed by atoms with Gasteiger partial charge < -0.3 is 14.8 Å². The number of nitrogens with one attached hydrogen (secondary N) is 1. The van der Waals surface area contributed by atoms with Crippen molar-refractivity contribution in [2.45, 2.75) is 13.0 Å². The molecule has 1 unspecified atom stereocenters. The van der Waals surface area contributed by atoms with Gasteiger partial charge in [-0.2, -0.15) is 5.10 Å². The van der Waals surface area contributed by atoms with Crippen LogP contribution in [0.3, 0.4) is 0 Å². The van der Waals surface area contributed by atoms with Gasteiger partial charge in [-0.3, -0.25) is 4.79 Å². The molecule has 1 aromatic heterocycles. The molecular weight excluding hydrogens is 306 g/mol. The van der Waals surface area contributed by atoms with Crippen LogP contribution in [0.5, 0.6) is 11.5 Å². The number of benzene rings is 1. The number of hydrogen-bond acceptors (Lipinski definition) is 5. The van der Waals surface area contributed by atoms with E-state index in [4.69, 9.17) is 21.1 Å². The number of anilines is 1. The van der Waals surface area contributed by atoms with Gasteiger partial charge in [0.05, 0.1) is 25.5 Å². The topological polar surface area (TPSA) is 65.4 Å². The smallest absolute Gasteiger partial charge is 0.287 e. The van der Waals surface area contributed by atoms with E-state index in [2.05, 4.69) is 10.4 Å². The van der Waals surface area contributed by atoms with Crippen molar-refractivity contribution in [3.63, 3.8) is 0 Å². The third kappa shape index (κ3) is 3.92. The second-order valence-electron chi connectivity index (χ2n) is 4.79. The molecule has 0 aliphatic carbocycles. The lowest BCUT2D eigenvalue weighted by Crippen LogP contribution is -2.25. The molecular formula is C15H18ClN3O3. The number of rotatable bonds is 6. The van der Waals surface area contributed by atoms with Gasteiger partial charge in [0.15, 0.2) is 0 Å². The fraction of sp³-hybridized carbons (Fsp3) is 0.333. The van der Waals surface area contributed by atoms with E-state index in [9.17, 15) is 4.79 Å². The first-order chi connectivity index (χ1) is 10.5. The minimum absolute atomic E-state index is 0.117. The Kier molecular flexibility index (Phi) is 5.27. The standard InChI is InChI=1S/C15H18ClN3O3/c1-10(22-12-6-4-11(21-3)5-7-12)8-17-13-9-18-19(2)15(20)14(13)16/h4-7,9-10,17H,8H2,1-3H3. The van der Waals surface area contributed by atoms with Crippen molar-refractivity contribution in [1.29, 1.82) is 0 Å². The highest BCUT2D eigenvalue weighted by Crippen LogP contribution is 2.19. The molecule has 0 aliphatic heterocycles. The first kappa shape index (κ1) is 16.2. The monoisotopic (exact) mass is 323 g/mol. The highest BCUT2D eigenvalue weighted by molar-refractivity contribution is 6.32. The van der Waals surface area contributed by atoms with Gasteiger partial charge in [0.2, 0.25) is 0 Å². The molecule has 22 heavy (non-hydrogen) atoms. The van der Waals surface area contributed by atoms with E-state index >= 15 is 0 Å². The molecule has 1 aromatic carbocycles. The maximum absolute atomic E-state index is 11.7. The Bertz CT molecular complexity index is 685. The summed E-state index contributed by atoms with van der Waals surface area (Å²) in [5.41, 5.74) is 0.158. The predicted octanol–water partition coefficient (Wildman–Crippen LogP) is 2.32. The molecule has 0 fully saturated rings. The molecule has 0 amide bonds. The van der Waals surface area contributed by atoms with Crippen LogP contribution in [0.25, 0.3) is 0 Å². The normalized spacial score (nSPS) is 11.8. The predicted molar refractivity (Wildman–Crippen MR) is 86.1 cm³/mol. The first-order valence-corrected chi connectivity index (χ1v) is 7.15. The largest absolute Gasteiger partial charge is 0.497 e. The number of aromatic nitrogens is 2. The quantitative estimate of drug-likeness (QED) is 0.883. The van der Waals surface area contributed by atoms with Crippen molar-refractivity contribution >= 4 is 17.3 Å². The number of ether oxygens (including phenoxy) is 2. The van der Waals surface area contributed by atoms with Gasteiger partial charge in [0.25, 0.3) is 5.56 Å². The van der Waals surface area contributed by atoms with E-state index < -0.39 is 0 Å². The van der Waals surface area contributed by atoms with Crippen LogP contribution < -0.4 is 20.3 Å². The van der Waals surface area contributed by atoms with Gasteiger partial charge in [-0.15, -0.1) is 0 Å². The summed E-state index contributed by atoms with van der Waals surface area (Å²) in [6.07, 6.45) is 1.40. The zero-order valence-electron chi connectivity index (χ0n) is 12.7. The summed E-state index contributed by atoms with van der Waals surface area (Å²) in [6.45, 7) is 2.40.